The van der Waals surface area contributed by atoms with E-state index in [1.807, 2.05) is 6.92 Å². The molecule has 0 rings (SSSR count). The van der Waals surface area contributed by atoms with E-state index in [9.17, 15) is 0 Å². The fraction of sp³-hybridized carbons (Fsp3) is 0.833. The molecule has 0 aromatic rings. The minimum atomic E-state index is -1.83. The second kappa shape index (κ2) is 22.9. The van der Waals surface area contributed by atoms with Gasteiger partial charge in [0.05, 0.1) is 0 Å². The third kappa shape index (κ3) is 13200. The molecule has 0 aliphatic carbocycles. The maximum Gasteiger partial charge on any atom is 0.503 e. The quantitative estimate of drug-likeness (QED) is 0.454. The fourth-order valence-corrected chi connectivity index (χ4v) is 0. The summed E-state index contributed by atoms with van der Waals surface area (Å²) in [5, 5.41) is 13.9. The third-order valence-corrected chi connectivity index (χ3v) is 0.289. The minimum Gasteiger partial charge on any atom is -0.450 e. The van der Waals surface area contributed by atoms with Gasteiger partial charge in [0, 0.05) is 0 Å². The molecule has 0 spiro atoms. The van der Waals surface area contributed by atoms with E-state index in [2.05, 4.69) is 6.92 Å². The molecule has 0 fully saturated rings. The van der Waals surface area contributed by atoms with Crippen molar-refractivity contribution in [2.24, 2.45) is 11.5 Å². The van der Waals surface area contributed by atoms with Crippen molar-refractivity contribution in [3.63, 3.8) is 0 Å². The summed E-state index contributed by atoms with van der Waals surface area (Å²) in [5.41, 5.74) is 9.88. The highest BCUT2D eigenvalue weighted by Gasteiger charge is 1.70. The zero-order valence-electron chi connectivity index (χ0n) is 7.08. The lowest BCUT2D eigenvalue weighted by atomic mass is 10.5. The first-order valence-electron chi connectivity index (χ1n) is 3.38. The van der Waals surface area contributed by atoms with Gasteiger partial charge in [0.2, 0.25) is 0 Å². The topological polar surface area (TPSA) is 110 Å². The summed E-state index contributed by atoms with van der Waals surface area (Å²) in [4.78, 5) is 8.56. The molecule has 5 heteroatoms. The van der Waals surface area contributed by atoms with Crippen molar-refractivity contribution < 1.29 is 15.0 Å². The summed E-state index contributed by atoms with van der Waals surface area (Å²) >= 11 is 0. The highest BCUT2D eigenvalue weighted by Crippen LogP contribution is 1.57. The van der Waals surface area contributed by atoms with Gasteiger partial charge < -0.3 is 21.7 Å². The summed E-state index contributed by atoms with van der Waals surface area (Å²) in [5.74, 6) is 0. The Morgan fingerprint density at radius 1 is 1.27 bits per heavy atom. The highest BCUT2D eigenvalue weighted by molar-refractivity contribution is 5.53. The van der Waals surface area contributed by atoms with E-state index in [-0.39, 0.29) is 0 Å². The average Bonchev–Trinajstić information content (AvgIpc) is 1.88. The van der Waals surface area contributed by atoms with Crippen LogP contribution in [0.25, 0.3) is 0 Å². The van der Waals surface area contributed by atoms with E-state index < -0.39 is 6.16 Å². The predicted molar refractivity (Wildman–Crippen MR) is 44.7 cm³/mol. The molecule has 0 saturated heterocycles. The molecule has 0 bridgehead atoms. The molecule has 0 aliphatic rings. The van der Waals surface area contributed by atoms with Crippen molar-refractivity contribution in [2.75, 3.05) is 13.1 Å². The highest BCUT2D eigenvalue weighted by atomic mass is 16.6. The minimum absolute atomic E-state index is 0.750. The Kier molecular flexibility index (Phi) is 34.6. The van der Waals surface area contributed by atoms with Crippen LogP contribution in [0.3, 0.4) is 0 Å². The van der Waals surface area contributed by atoms with Crippen LogP contribution in [0, 0.1) is 0 Å². The lowest BCUT2D eigenvalue weighted by Crippen LogP contribution is -1.93. The molecule has 0 amide bonds. The molecule has 0 heterocycles. The predicted octanol–water partition coefficient (Wildman–Crippen LogP) is 0.543. The lowest BCUT2D eigenvalue weighted by molar-refractivity contribution is 0.137. The van der Waals surface area contributed by atoms with Crippen molar-refractivity contribution in [1.29, 1.82) is 0 Å². The molecule has 0 saturated carbocycles. The first-order chi connectivity index (χ1) is 5.06. The van der Waals surface area contributed by atoms with Gasteiger partial charge in [-0.1, -0.05) is 13.8 Å². The van der Waals surface area contributed by atoms with Crippen LogP contribution in [-0.4, -0.2) is 29.5 Å². The largest absolute Gasteiger partial charge is 0.503 e. The summed E-state index contributed by atoms with van der Waals surface area (Å²) in [6.07, 6.45) is -0.736. The standard InChI is InChI=1S/C3H9N.C2H7N.CH2O3/c1-2-3-4;1-2-3;2-1(3)4/h2-4H2,1H3;2-3H2,1H3;(H2,2,3,4). The maximum atomic E-state index is 8.56. The van der Waals surface area contributed by atoms with Gasteiger partial charge >= 0.3 is 6.16 Å². The maximum absolute atomic E-state index is 8.56. The van der Waals surface area contributed by atoms with Crippen molar-refractivity contribution in [3.8, 4) is 0 Å². The number of rotatable bonds is 1. The first-order valence-corrected chi connectivity index (χ1v) is 3.38. The second-order valence-corrected chi connectivity index (χ2v) is 1.48. The second-order valence-electron chi connectivity index (χ2n) is 1.48. The Morgan fingerprint density at radius 2 is 1.36 bits per heavy atom. The zero-order valence-corrected chi connectivity index (χ0v) is 7.08. The van der Waals surface area contributed by atoms with Gasteiger partial charge in [-0.2, -0.15) is 0 Å². The molecule has 5 nitrogen and oxygen atoms in total. The van der Waals surface area contributed by atoms with Crippen LogP contribution in [0.5, 0.6) is 0 Å². The summed E-state index contributed by atoms with van der Waals surface area (Å²) < 4.78 is 0. The molecule has 0 unspecified atom stereocenters. The molecule has 11 heavy (non-hydrogen) atoms. The molecular formula is C6H18N2O3. The summed E-state index contributed by atoms with van der Waals surface area (Å²) in [6, 6.07) is 0. The van der Waals surface area contributed by atoms with Crippen LogP contribution in [-0.2, 0) is 0 Å². The van der Waals surface area contributed by atoms with Gasteiger partial charge in [-0.25, -0.2) is 4.79 Å². The third-order valence-electron chi connectivity index (χ3n) is 0.289. The molecule has 0 aromatic carbocycles. The van der Waals surface area contributed by atoms with E-state index >= 15 is 0 Å². The van der Waals surface area contributed by atoms with Gasteiger partial charge in [-0.05, 0) is 19.5 Å². The molecular weight excluding hydrogens is 148 g/mol. The summed E-state index contributed by atoms with van der Waals surface area (Å²) in [7, 11) is 0. The number of carbonyl (C=O) groups is 1. The van der Waals surface area contributed by atoms with Crippen LogP contribution in [0.2, 0.25) is 0 Å². The zero-order chi connectivity index (χ0) is 9.70. The van der Waals surface area contributed by atoms with Crippen LogP contribution in [0.1, 0.15) is 20.3 Å². The van der Waals surface area contributed by atoms with Crippen LogP contribution >= 0.6 is 0 Å². The number of carboxylic acid groups (broad SMARTS) is 2. The Morgan fingerprint density at radius 3 is 1.36 bits per heavy atom. The Balaban J connectivity index is -0.0000000886. The van der Waals surface area contributed by atoms with Gasteiger partial charge in [-0.15, -0.1) is 0 Å². The molecule has 0 aromatic heterocycles. The van der Waals surface area contributed by atoms with Crippen molar-refractivity contribution in [3.05, 3.63) is 0 Å². The van der Waals surface area contributed by atoms with Gasteiger partial charge in [-0.3, -0.25) is 0 Å². The molecule has 70 valence electrons. The van der Waals surface area contributed by atoms with Gasteiger partial charge in [0.15, 0.2) is 0 Å². The monoisotopic (exact) mass is 166 g/mol. The van der Waals surface area contributed by atoms with E-state index in [1.165, 1.54) is 0 Å². The van der Waals surface area contributed by atoms with E-state index in [0.717, 1.165) is 19.5 Å². The molecule has 0 radical (unpaired) electrons. The van der Waals surface area contributed by atoms with Crippen molar-refractivity contribution in [2.45, 2.75) is 20.3 Å². The molecule has 0 aliphatic heterocycles. The fourth-order valence-electron chi connectivity index (χ4n) is 0. The van der Waals surface area contributed by atoms with E-state index in [0.29, 0.717) is 0 Å². The van der Waals surface area contributed by atoms with Crippen LogP contribution in [0.15, 0.2) is 0 Å². The smallest absolute Gasteiger partial charge is 0.450 e. The van der Waals surface area contributed by atoms with Gasteiger partial charge in [0.1, 0.15) is 0 Å². The lowest BCUT2D eigenvalue weighted by Gasteiger charge is -1.70. The number of hydrogen-bond donors (Lipinski definition) is 4. The summed E-state index contributed by atoms with van der Waals surface area (Å²) in [6.45, 7) is 5.53. The van der Waals surface area contributed by atoms with Crippen molar-refractivity contribution >= 4 is 6.16 Å². The Hall–Kier alpha value is -0.810. The van der Waals surface area contributed by atoms with Crippen molar-refractivity contribution in [1.82, 2.24) is 0 Å². The van der Waals surface area contributed by atoms with Crippen LogP contribution < -0.4 is 11.5 Å². The van der Waals surface area contributed by atoms with E-state index in [4.69, 9.17) is 26.5 Å². The van der Waals surface area contributed by atoms with Gasteiger partial charge in [0.25, 0.3) is 0 Å². The van der Waals surface area contributed by atoms with Crippen LogP contribution in [0.4, 0.5) is 4.79 Å². The molecule has 6 N–H and O–H groups in total. The Bertz CT molecular complexity index is 62.8. The number of hydrogen-bond acceptors (Lipinski definition) is 3. The normalized spacial score (nSPS) is 6.55. The first kappa shape index (κ1) is 16.6. The van der Waals surface area contributed by atoms with E-state index in [1.54, 1.807) is 0 Å². The Labute approximate surface area is 67.0 Å². The SMILES string of the molecule is CCCN.CCN.O=C(O)O. The average molecular weight is 166 g/mol. The molecule has 0 atom stereocenters. The number of nitrogens with two attached hydrogens (primary N) is 2.